The molecule has 0 radical (unpaired) electrons. The Hall–Kier alpha value is -2.77. The lowest BCUT2D eigenvalue weighted by Crippen LogP contribution is -2.40. The van der Waals surface area contributed by atoms with E-state index in [0.29, 0.717) is 24.6 Å². The first-order valence-electron chi connectivity index (χ1n) is 9.53. The Morgan fingerprint density at radius 3 is 2.85 bits per heavy atom. The Morgan fingerprint density at radius 1 is 1.22 bits per heavy atom. The molecular weight excluding hydrogens is 344 g/mol. The molecule has 3 N–H and O–H groups in total. The smallest absolute Gasteiger partial charge is 0.272 e. The van der Waals surface area contributed by atoms with Crippen molar-refractivity contribution < 1.29 is 4.79 Å². The van der Waals surface area contributed by atoms with Crippen LogP contribution in [0.3, 0.4) is 0 Å². The third-order valence-electron chi connectivity index (χ3n) is 5.41. The maximum absolute atomic E-state index is 13.2. The average Bonchev–Trinajstić information content (AvgIpc) is 2.66. The lowest BCUT2D eigenvalue weighted by atomic mass is 9.92. The second kappa shape index (κ2) is 7.09. The number of nitrogen functional groups attached to an aromatic ring is 1. The van der Waals surface area contributed by atoms with Crippen molar-refractivity contribution in [2.45, 2.75) is 51.4 Å². The number of H-pyrrole nitrogens is 1. The fraction of sp³-hybridized carbons (Fsp3) is 0.526. The van der Waals surface area contributed by atoms with Gasteiger partial charge in [-0.2, -0.15) is 0 Å². The minimum Gasteiger partial charge on any atom is -0.368 e. The van der Waals surface area contributed by atoms with Gasteiger partial charge in [0.2, 0.25) is 5.95 Å². The number of carbonyl (C=O) groups is 1. The number of nitrogens with one attached hydrogen (secondary N) is 1. The van der Waals surface area contributed by atoms with Crippen molar-refractivity contribution in [1.82, 2.24) is 24.8 Å². The molecular formula is C19H24N6O2. The first-order chi connectivity index (χ1) is 13.0. The number of aryl methyl sites for hydroxylation is 2. The number of aromatic nitrogens is 4. The predicted molar refractivity (Wildman–Crippen MR) is 101 cm³/mol. The van der Waals surface area contributed by atoms with Crippen LogP contribution in [0.4, 0.5) is 5.95 Å². The summed E-state index contributed by atoms with van der Waals surface area (Å²) in [6, 6.07) is 1.54. The van der Waals surface area contributed by atoms with E-state index in [2.05, 4.69) is 19.9 Å². The van der Waals surface area contributed by atoms with Gasteiger partial charge in [0.1, 0.15) is 11.5 Å². The molecule has 2 aliphatic rings. The van der Waals surface area contributed by atoms with Gasteiger partial charge in [-0.3, -0.25) is 9.59 Å². The number of fused-ring (bicyclic) bond motifs is 1. The zero-order valence-electron chi connectivity index (χ0n) is 15.5. The summed E-state index contributed by atoms with van der Waals surface area (Å²) in [5.74, 6) is 0.727. The molecule has 8 heteroatoms. The Balaban J connectivity index is 1.61. The number of anilines is 1. The van der Waals surface area contributed by atoms with Crippen LogP contribution in [0, 0.1) is 6.92 Å². The summed E-state index contributed by atoms with van der Waals surface area (Å²) in [5.41, 5.74) is 8.77. The van der Waals surface area contributed by atoms with Gasteiger partial charge in [0.25, 0.3) is 11.5 Å². The van der Waals surface area contributed by atoms with Crippen LogP contribution < -0.4 is 11.3 Å². The molecule has 2 aromatic rings. The van der Waals surface area contributed by atoms with Gasteiger partial charge in [-0.25, -0.2) is 15.0 Å². The van der Waals surface area contributed by atoms with E-state index in [0.717, 1.165) is 55.5 Å². The largest absolute Gasteiger partial charge is 0.368 e. The topological polar surface area (TPSA) is 118 Å². The van der Waals surface area contributed by atoms with Crippen LogP contribution in [0.1, 0.15) is 64.9 Å². The molecule has 27 heavy (non-hydrogen) atoms. The van der Waals surface area contributed by atoms with Crippen molar-refractivity contribution in [3.05, 3.63) is 44.9 Å². The summed E-state index contributed by atoms with van der Waals surface area (Å²) >= 11 is 0. The molecule has 1 unspecified atom stereocenters. The van der Waals surface area contributed by atoms with Gasteiger partial charge >= 0.3 is 0 Å². The van der Waals surface area contributed by atoms with Gasteiger partial charge in [-0.05, 0) is 45.4 Å². The monoisotopic (exact) mass is 368 g/mol. The lowest BCUT2D eigenvalue weighted by Gasteiger charge is -2.33. The Morgan fingerprint density at radius 2 is 2.04 bits per heavy atom. The summed E-state index contributed by atoms with van der Waals surface area (Å²) in [7, 11) is 0. The number of carbonyl (C=O) groups excluding carboxylic acids is 1. The summed E-state index contributed by atoms with van der Waals surface area (Å²) in [5, 5.41) is 0. The van der Waals surface area contributed by atoms with E-state index in [1.165, 1.54) is 6.07 Å². The van der Waals surface area contributed by atoms with Crippen LogP contribution >= 0.6 is 0 Å². The highest BCUT2D eigenvalue weighted by molar-refractivity contribution is 5.94. The van der Waals surface area contributed by atoms with Gasteiger partial charge in [0.15, 0.2) is 0 Å². The molecule has 1 aliphatic carbocycles. The van der Waals surface area contributed by atoms with Crippen molar-refractivity contribution in [3.8, 4) is 0 Å². The van der Waals surface area contributed by atoms with Crippen LogP contribution in [-0.4, -0.2) is 43.8 Å². The van der Waals surface area contributed by atoms with E-state index >= 15 is 0 Å². The second-order valence-corrected chi connectivity index (χ2v) is 7.41. The number of hydrogen-bond acceptors (Lipinski definition) is 6. The summed E-state index contributed by atoms with van der Waals surface area (Å²) in [6.07, 6.45) is 5.55. The molecule has 1 fully saturated rings. The fourth-order valence-corrected chi connectivity index (χ4v) is 4.15. The Bertz CT molecular complexity index is 938. The number of piperidine rings is 1. The second-order valence-electron chi connectivity index (χ2n) is 7.41. The van der Waals surface area contributed by atoms with Crippen LogP contribution in [0.2, 0.25) is 0 Å². The van der Waals surface area contributed by atoms with E-state index < -0.39 is 0 Å². The number of hydrogen-bond donors (Lipinski definition) is 2. The van der Waals surface area contributed by atoms with Gasteiger partial charge in [-0.15, -0.1) is 0 Å². The number of nitrogens with zero attached hydrogens (tertiary/aromatic N) is 4. The quantitative estimate of drug-likeness (QED) is 0.826. The molecule has 2 aromatic heterocycles. The van der Waals surface area contributed by atoms with Crippen LogP contribution in [0.15, 0.2) is 10.9 Å². The van der Waals surface area contributed by atoms with E-state index in [1.807, 2.05) is 4.90 Å². The molecule has 0 bridgehead atoms. The van der Waals surface area contributed by atoms with Gasteiger partial charge in [0, 0.05) is 36.3 Å². The van der Waals surface area contributed by atoms with Crippen LogP contribution in [-0.2, 0) is 12.8 Å². The Labute approximate surface area is 157 Å². The molecule has 1 saturated heterocycles. The minimum absolute atomic E-state index is 0.0544. The van der Waals surface area contributed by atoms with E-state index in [1.54, 1.807) is 6.92 Å². The molecule has 1 atom stereocenters. The van der Waals surface area contributed by atoms with E-state index in [-0.39, 0.29) is 23.3 Å². The molecule has 142 valence electrons. The van der Waals surface area contributed by atoms with Gasteiger partial charge < -0.3 is 15.6 Å². The predicted octanol–water partition coefficient (Wildman–Crippen LogP) is 1.35. The highest BCUT2D eigenvalue weighted by atomic mass is 16.2. The van der Waals surface area contributed by atoms with Crippen LogP contribution in [0.5, 0.6) is 0 Å². The number of nitrogens with two attached hydrogens (primary N) is 1. The third-order valence-corrected chi connectivity index (χ3v) is 5.41. The average molecular weight is 368 g/mol. The molecule has 0 spiro atoms. The van der Waals surface area contributed by atoms with Gasteiger partial charge in [-0.1, -0.05) is 0 Å². The molecule has 0 saturated carbocycles. The summed E-state index contributed by atoms with van der Waals surface area (Å²) in [4.78, 5) is 42.6. The van der Waals surface area contributed by atoms with E-state index in [9.17, 15) is 9.59 Å². The molecule has 1 amide bonds. The van der Waals surface area contributed by atoms with E-state index in [4.69, 9.17) is 5.73 Å². The first kappa shape index (κ1) is 17.6. The number of likely N-dealkylation sites (tertiary alicyclic amines) is 1. The molecule has 0 aromatic carbocycles. The molecule has 1 aliphatic heterocycles. The van der Waals surface area contributed by atoms with Gasteiger partial charge in [0.05, 0.1) is 5.69 Å². The standard InChI is InChI=1S/C19H24N6O2/c1-11-21-15(9-16(26)22-11)12-5-4-8-25(10-12)18(27)17-13-6-2-3-7-14(13)23-19(20)24-17/h9,12H,2-8,10H2,1H3,(H2,20,23,24)(H,21,22,26). The fourth-order valence-electron chi connectivity index (χ4n) is 4.15. The minimum atomic E-state index is -0.154. The number of amides is 1. The zero-order valence-corrected chi connectivity index (χ0v) is 15.5. The SMILES string of the molecule is Cc1nc(C2CCCN(C(=O)c3nc(N)nc4c3CCCC4)C2)cc(=O)[nH]1. The van der Waals surface area contributed by atoms with Crippen molar-refractivity contribution in [3.63, 3.8) is 0 Å². The molecule has 8 nitrogen and oxygen atoms in total. The maximum Gasteiger partial charge on any atom is 0.272 e. The van der Waals surface area contributed by atoms with Crippen molar-refractivity contribution >= 4 is 11.9 Å². The Kier molecular flexibility index (Phi) is 4.63. The first-order valence-corrected chi connectivity index (χ1v) is 9.53. The zero-order chi connectivity index (χ0) is 19.0. The van der Waals surface area contributed by atoms with Crippen LogP contribution in [0.25, 0.3) is 0 Å². The number of aromatic amines is 1. The molecule has 4 rings (SSSR count). The lowest BCUT2D eigenvalue weighted by molar-refractivity contribution is 0.0698. The third kappa shape index (κ3) is 3.56. The van der Waals surface area contributed by atoms with Crippen molar-refractivity contribution in [2.24, 2.45) is 0 Å². The maximum atomic E-state index is 13.2. The number of rotatable bonds is 2. The molecule has 3 heterocycles. The highest BCUT2D eigenvalue weighted by Gasteiger charge is 2.30. The normalized spacial score (nSPS) is 19.6. The van der Waals surface area contributed by atoms with Crippen molar-refractivity contribution in [2.75, 3.05) is 18.8 Å². The summed E-state index contributed by atoms with van der Waals surface area (Å²) in [6.45, 7) is 2.98. The van der Waals surface area contributed by atoms with Crippen molar-refractivity contribution in [1.29, 1.82) is 0 Å². The highest BCUT2D eigenvalue weighted by Crippen LogP contribution is 2.28. The summed E-state index contributed by atoms with van der Waals surface area (Å²) < 4.78 is 0.